The molecule has 68 valence electrons. The Morgan fingerprint density at radius 2 is 2.14 bits per heavy atom. The first-order chi connectivity index (χ1) is 6.81. The number of hydrogen-bond acceptors (Lipinski definition) is 2. The van der Waals surface area contributed by atoms with E-state index >= 15 is 0 Å². The van der Waals surface area contributed by atoms with E-state index in [1.165, 1.54) is 0 Å². The van der Waals surface area contributed by atoms with Gasteiger partial charge in [-0.15, -0.1) is 0 Å². The quantitative estimate of drug-likeness (QED) is 0.628. The van der Waals surface area contributed by atoms with Crippen LogP contribution in [-0.2, 0) is 0 Å². The molecule has 0 saturated carbocycles. The molecule has 1 aromatic carbocycles. The normalized spacial score (nSPS) is 9.57. The monoisotopic (exact) mass is 184 g/mol. The van der Waals surface area contributed by atoms with E-state index < -0.39 is 0 Å². The van der Waals surface area contributed by atoms with E-state index in [-0.39, 0.29) is 0 Å². The summed E-state index contributed by atoms with van der Waals surface area (Å²) in [4.78, 5) is 12.2. The molecular weight excluding hydrogens is 174 g/mol. The number of nitrogens with zero attached hydrogens (tertiary/aromatic N) is 3. The zero-order valence-electron chi connectivity index (χ0n) is 8.15. The Balaban J connectivity index is 2.73. The van der Waals surface area contributed by atoms with Crippen molar-refractivity contribution in [2.24, 2.45) is 0 Å². The first kappa shape index (κ1) is 8.64. The average Bonchev–Trinajstić information content (AvgIpc) is 2.20. The molecular formula is C11H10N3+. The van der Waals surface area contributed by atoms with Gasteiger partial charge < -0.3 is 0 Å². The predicted molar refractivity (Wildman–Crippen MR) is 56.5 cm³/mol. The number of benzene rings is 1. The smallest absolute Gasteiger partial charge is 0.241 e. The number of rotatable bonds is 0. The molecule has 1 heterocycles. The van der Waals surface area contributed by atoms with Gasteiger partial charge in [0.05, 0.1) is 5.52 Å². The molecule has 0 spiro atoms. The maximum Gasteiger partial charge on any atom is 0.310 e. The lowest BCUT2D eigenvalue weighted by Crippen LogP contribution is -1.87. The molecule has 0 aliphatic carbocycles. The van der Waals surface area contributed by atoms with E-state index in [9.17, 15) is 0 Å². The van der Waals surface area contributed by atoms with Crippen molar-refractivity contribution in [1.29, 1.82) is 0 Å². The largest absolute Gasteiger partial charge is 0.310 e. The molecule has 0 aliphatic rings. The lowest BCUT2D eigenvalue weighted by Gasteiger charge is -1.98. The Labute approximate surface area is 82.2 Å². The highest BCUT2D eigenvalue weighted by Crippen LogP contribution is 2.15. The summed E-state index contributed by atoms with van der Waals surface area (Å²) in [7, 11) is 1.71. The van der Waals surface area contributed by atoms with Crippen LogP contribution in [0, 0.1) is 13.0 Å². The van der Waals surface area contributed by atoms with Crippen LogP contribution in [0.2, 0.25) is 0 Å². The van der Waals surface area contributed by atoms with E-state index in [1.807, 2.05) is 25.1 Å². The van der Waals surface area contributed by atoms with Crippen molar-refractivity contribution in [3.63, 3.8) is 0 Å². The topological polar surface area (TPSA) is 30.1 Å². The molecule has 14 heavy (non-hydrogen) atoms. The first-order valence-electron chi connectivity index (χ1n) is 4.37. The predicted octanol–water partition coefficient (Wildman–Crippen LogP) is 2.25. The third-order valence-electron chi connectivity index (χ3n) is 2.08. The molecule has 3 heteroatoms. The molecule has 3 nitrogen and oxygen atoms in total. The molecule has 0 saturated heterocycles. The fraction of sp³-hybridized carbons (Fsp3) is 0.182. The Morgan fingerprint density at radius 1 is 1.29 bits per heavy atom. The Hall–Kier alpha value is -1.95. The third-order valence-corrected chi connectivity index (χ3v) is 2.08. The van der Waals surface area contributed by atoms with Gasteiger partial charge in [0.2, 0.25) is 0 Å². The maximum atomic E-state index is 4.17. The highest BCUT2D eigenvalue weighted by molar-refractivity contribution is 5.81. The molecule has 2 aromatic rings. The van der Waals surface area contributed by atoms with Gasteiger partial charge in [-0.1, -0.05) is 4.85 Å². The highest BCUT2D eigenvalue weighted by Gasteiger charge is 2.01. The molecule has 0 unspecified atom stereocenters. The SMILES string of the molecule is C[N+]#Cc1ccc2ncnc(C)c2c1. The van der Waals surface area contributed by atoms with Crippen LogP contribution in [0.4, 0.5) is 0 Å². The van der Waals surface area contributed by atoms with Crippen molar-refractivity contribution in [1.82, 2.24) is 9.97 Å². The number of fused-ring (bicyclic) bond motifs is 1. The highest BCUT2D eigenvalue weighted by atomic mass is 14.8. The van der Waals surface area contributed by atoms with Gasteiger partial charge in [0.25, 0.3) is 7.05 Å². The summed E-state index contributed by atoms with van der Waals surface area (Å²) >= 11 is 0. The first-order valence-corrected chi connectivity index (χ1v) is 4.37. The molecule has 0 bridgehead atoms. The van der Waals surface area contributed by atoms with Crippen molar-refractivity contribution in [2.45, 2.75) is 6.92 Å². The van der Waals surface area contributed by atoms with Gasteiger partial charge in [0, 0.05) is 11.1 Å². The minimum Gasteiger partial charge on any atom is -0.241 e. The number of hydrogen-bond donors (Lipinski definition) is 0. The molecule has 0 amide bonds. The molecule has 0 aliphatic heterocycles. The summed E-state index contributed by atoms with van der Waals surface area (Å²) in [5.74, 6) is 0. The van der Waals surface area contributed by atoms with Gasteiger partial charge >= 0.3 is 6.07 Å². The molecule has 1 aromatic heterocycles. The van der Waals surface area contributed by atoms with Crippen LogP contribution in [-0.4, -0.2) is 17.0 Å². The standard InChI is InChI=1S/C11H10N3/c1-8-10-5-9(6-12-2)3-4-11(10)14-7-13-8/h3-5,7H,1-2H3/q+1. The van der Waals surface area contributed by atoms with Crippen LogP contribution in [0.15, 0.2) is 24.5 Å². The Kier molecular flexibility index (Phi) is 2.11. The van der Waals surface area contributed by atoms with Gasteiger partial charge in [-0.05, 0) is 25.1 Å². The van der Waals surface area contributed by atoms with Crippen molar-refractivity contribution in [3.8, 4) is 6.07 Å². The average molecular weight is 184 g/mol. The van der Waals surface area contributed by atoms with Crippen LogP contribution < -0.4 is 0 Å². The Bertz CT molecular complexity index is 535. The number of aryl methyl sites for hydroxylation is 1. The fourth-order valence-electron chi connectivity index (χ4n) is 1.38. The van der Waals surface area contributed by atoms with Crippen LogP contribution in [0.5, 0.6) is 0 Å². The second-order valence-corrected chi connectivity index (χ2v) is 3.03. The van der Waals surface area contributed by atoms with Gasteiger partial charge in [0.1, 0.15) is 11.9 Å². The molecule has 2 rings (SSSR count). The van der Waals surface area contributed by atoms with Crippen molar-refractivity contribution in [2.75, 3.05) is 7.05 Å². The van der Waals surface area contributed by atoms with Crippen molar-refractivity contribution >= 4 is 10.9 Å². The van der Waals surface area contributed by atoms with Gasteiger partial charge in [-0.2, -0.15) is 0 Å². The molecule has 0 N–H and O–H groups in total. The summed E-state index contributed by atoms with van der Waals surface area (Å²) in [6, 6.07) is 8.80. The van der Waals surface area contributed by atoms with Crippen LogP contribution >= 0.6 is 0 Å². The van der Waals surface area contributed by atoms with Gasteiger partial charge in [0.15, 0.2) is 0 Å². The summed E-state index contributed by atoms with van der Waals surface area (Å²) in [6.45, 7) is 1.97. The van der Waals surface area contributed by atoms with Crippen LogP contribution in [0.25, 0.3) is 15.7 Å². The second-order valence-electron chi connectivity index (χ2n) is 3.03. The third kappa shape index (κ3) is 1.42. The minimum atomic E-state index is 0.956. The summed E-state index contributed by atoms with van der Waals surface area (Å²) < 4.78 is 0. The fourth-order valence-corrected chi connectivity index (χ4v) is 1.38. The van der Waals surface area contributed by atoms with E-state index in [4.69, 9.17) is 0 Å². The number of aromatic nitrogens is 2. The zero-order chi connectivity index (χ0) is 9.97. The minimum absolute atomic E-state index is 0.956. The van der Waals surface area contributed by atoms with Crippen LogP contribution in [0.1, 0.15) is 11.3 Å². The molecule has 0 atom stereocenters. The van der Waals surface area contributed by atoms with Crippen LogP contribution in [0.3, 0.4) is 0 Å². The maximum absolute atomic E-state index is 4.17. The van der Waals surface area contributed by atoms with E-state index in [0.29, 0.717) is 0 Å². The van der Waals surface area contributed by atoms with Gasteiger partial charge in [-0.25, -0.2) is 9.97 Å². The summed E-state index contributed by atoms with van der Waals surface area (Å²) in [5.41, 5.74) is 2.90. The zero-order valence-corrected chi connectivity index (χ0v) is 8.15. The van der Waals surface area contributed by atoms with E-state index in [2.05, 4.69) is 20.9 Å². The Morgan fingerprint density at radius 3 is 2.93 bits per heavy atom. The van der Waals surface area contributed by atoms with Gasteiger partial charge in [-0.3, -0.25) is 0 Å². The second kappa shape index (κ2) is 3.43. The lowest BCUT2D eigenvalue weighted by molar-refractivity contribution is 1.15. The van der Waals surface area contributed by atoms with E-state index in [0.717, 1.165) is 22.2 Å². The lowest BCUT2D eigenvalue weighted by atomic mass is 10.1. The van der Waals surface area contributed by atoms with E-state index in [1.54, 1.807) is 13.4 Å². The molecule has 0 fully saturated rings. The summed E-state index contributed by atoms with van der Waals surface area (Å²) in [6.07, 6.45) is 1.58. The van der Waals surface area contributed by atoms with Crippen molar-refractivity contribution < 1.29 is 0 Å². The summed E-state index contributed by atoms with van der Waals surface area (Å²) in [5, 5.41) is 1.06. The van der Waals surface area contributed by atoms with Crippen molar-refractivity contribution in [3.05, 3.63) is 40.6 Å². The molecule has 0 radical (unpaired) electrons.